The SMILES string of the molecule is O=C(c1ccc(O)c(Cl)c1)N1CCCC(CCl)C1. The Bertz CT molecular complexity index is 451. The quantitative estimate of drug-likeness (QED) is 0.849. The van der Waals surface area contributed by atoms with Crippen molar-refractivity contribution in [3.63, 3.8) is 0 Å². The molecule has 3 nitrogen and oxygen atoms in total. The maximum atomic E-state index is 12.3. The third-order valence-corrected chi connectivity index (χ3v) is 3.96. The molecule has 1 N–H and O–H groups in total. The van der Waals surface area contributed by atoms with Gasteiger partial charge >= 0.3 is 0 Å². The van der Waals surface area contributed by atoms with Gasteiger partial charge in [0, 0.05) is 24.5 Å². The van der Waals surface area contributed by atoms with Crippen molar-refractivity contribution in [2.75, 3.05) is 19.0 Å². The standard InChI is InChI=1S/C13H15Cl2NO2/c14-7-9-2-1-5-16(8-9)13(18)10-3-4-12(17)11(15)6-10/h3-4,6,9,17H,1-2,5,7-8H2. The van der Waals surface area contributed by atoms with E-state index >= 15 is 0 Å². The van der Waals surface area contributed by atoms with Crippen LogP contribution in [0, 0.1) is 5.92 Å². The van der Waals surface area contributed by atoms with Gasteiger partial charge in [0.25, 0.3) is 5.91 Å². The van der Waals surface area contributed by atoms with Crippen molar-refractivity contribution < 1.29 is 9.90 Å². The summed E-state index contributed by atoms with van der Waals surface area (Å²) in [6.07, 6.45) is 2.05. The highest BCUT2D eigenvalue weighted by molar-refractivity contribution is 6.32. The van der Waals surface area contributed by atoms with E-state index in [1.165, 1.54) is 12.1 Å². The molecule has 0 aromatic heterocycles. The molecule has 2 rings (SSSR count). The second-order valence-electron chi connectivity index (χ2n) is 4.58. The number of aromatic hydroxyl groups is 1. The van der Waals surface area contributed by atoms with Crippen LogP contribution in [0.25, 0.3) is 0 Å². The summed E-state index contributed by atoms with van der Waals surface area (Å²) in [7, 11) is 0. The van der Waals surface area contributed by atoms with Crippen LogP contribution in [0.2, 0.25) is 5.02 Å². The van der Waals surface area contributed by atoms with Crippen LogP contribution in [0.3, 0.4) is 0 Å². The maximum absolute atomic E-state index is 12.3. The fourth-order valence-corrected chi connectivity index (χ4v) is 2.63. The van der Waals surface area contributed by atoms with E-state index in [4.69, 9.17) is 23.2 Å². The highest BCUT2D eigenvalue weighted by Crippen LogP contribution is 2.25. The van der Waals surface area contributed by atoms with Crippen molar-refractivity contribution in [2.24, 2.45) is 5.92 Å². The minimum atomic E-state index is -0.0493. The molecular weight excluding hydrogens is 273 g/mol. The number of phenolic OH excluding ortho intramolecular Hbond substituents is 1. The van der Waals surface area contributed by atoms with Crippen molar-refractivity contribution in [2.45, 2.75) is 12.8 Å². The summed E-state index contributed by atoms with van der Waals surface area (Å²) >= 11 is 11.7. The third-order valence-electron chi connectivity index (χ3n) is 3.22. The van der Waals surface area contributed by atoms with Gasteiger partial charge < -0.3 is 10.0 Å². The fraction of sp³-hybridized carbons (Fsp3) is 0.462. The van der Waals surface area contributed by atoms with Crippen LogP contribution in [0.15, 0.2) is 18.2 Å². The van der Waals surface area contributed by atoms with E-state index in [0.717, 1.165) is 19.4 Å². The molecule has 0 saturated carbocycles. The Kier molecular flexibility index (Phi) is 4.36. The molecule has 1 atom stereocenters. The lowest BCUT2D eigenvalue weighted by Gasteiger charge is -2.31. The smallest absolute Gasteiger partial charge is 0.253 e. The molecule has 1 aromatic carbocycles. The summed E-state index contributed by atoms with van der Waals surface area (Å²) in [5, 5.41) is 9.54. The van der Waals surface area contributed by atoms with Crippen LogP contribution in [-0.2, 0) is 0 Å². The van der Waals surface area contributed by atoms with Gasteiger partial charge in [-0.2, -0.15) is 0 Å². The number of halogens is 2. The third kappa shape index (κ3) is 2.90. The second-order valence-corrected chi connectivity index (χ2v) is 5.30. The molecule has 1 saturated heterocycles. The van der Waals surface area contributed by atoms with Gasteiger partial charge in [-0.15, -0.1) is 11.6 Å². The van der Waals surface area contributed by atoms with Crippen LogP contribution < -0.4 is 0 Å². The van der Waals surface area contributed by atoms with Crippen molar-refractivity contribution >= 4 is 29.1 Å². The van der Waals surface area contributed by atoms with Crippen molar-refractivity contribution in [3.8, 4) is 5.75 Å². The summed E-state index contributed by atoms with van der Waals surface area (Å²) in [5.74, 6) is 0.897. The number of likely N-dealkylation sites (tertiary alicyclic amines) is 1. The number of hydrogen-bond acceptors (Lipinski definition) is 2. The second kappa shape index (κ2) is 5.81. The monoisotopic (exact) mass is 287 g/mol. The highest BCUT2D eigenvalue weighted by atomic mass is 35.5. The van der Waals surface area contributed by atoms with Crippen LogP contribution in [-0.4, -0.2) is 34.9 Å². The van der Waals surface area contributed by atoms with Crippen molar-refractivity contribution in [1.29, 1.82) is 0 Å². The molecule has 1 heterocycles. The normalized spacial score (nSPS) is 19.9. The minimum Gasteiger partial charge on any atom is -0.506 e. The van der Waals surface area contributed by atoms with Crippen LogP contribution in [0.1, 0.15) is 23.2 Å². The molecule has 0 aliphatic carbocycles. The number of benzene rings is 1. The van der Waals surface area contributed by atoms with E-state index < -0.39 is 0 Å². The van der Waals surface area contributed by atoms with E-state index in [1.54, 1.807) is 11.0 Å². The Labute approximate surface area is 116 Å². The van der Waals surface area contributed by atoms with E-state index in [2.05, 4.69) is 0 Å². The van der Waals surface area contributed by atoms with E-state index in [1.807, 2.05) is 0 Å². The van der Waals surface area contributed by atoms with Gasteiger partial charge in [-0.1, -0.05) is 11.6 Å². The summed E-state index contributed by atoms with van der Waals surface area (Å²) in [4.78, 5) is 14.1. The molecule has 0 spiro atoms. The number of piperidine rings is 1. The number of alkyl halides is 1. The minimum absolute atomic E-state index is 0.00880. The van der Waals surface area contributed by atoms with Gasteiger partial charge in [0.15, 0.2) is 0 Å². The zero-order valence-electron chi connectivity index (χ0n) is 9.90. The average Bonchev–Trinajstić information content (AvgIpc) is 2.41. The number of rotatable bonds is 2. The Balaban J connectivity index is 2.12. The number of phenols is 1. The molecule has 1 aliphatic rings. The number of nitrogens with zero attached hydrogens (tertiary/aromatic N) is 1. The molecule has 0 radical (unpaired) electrons. The van der Waals surface area contributed by atoms with E-state index in [9.17, 15) is 9.90 Å². The summed E-state index contributed by atoms with van der Waals surface area (Å²) < 4.78 is 0. The molecule has 1 fully saturated rings. The lowest BCUT2D eigenvalue weighted by atomic mass is 9.99. The van der Waals surface area contributed by atoms with Gasteiger partial charge in [0.1, 0.15) is 5.75 Å². The molecule has 0 bridgehead atoms. The first kappa shape index (κ1) is 13.5. The lowest BCUT2D eigenvalue weighted by Crippen LogP contribution is -2.40. The Hall–Kier alpha value is -0.930. The summed E-state index contributed by atoms with van der Waals surface area (Å²) in [6, 6.07) is 4.54. The Morgan fingerprint density at radius 2 is 2.28 bits per heavy atom. The highest BCUT2D eigenvalue weighted by Gasteiger charge is 2.24. The first-order valence-electron chi connectivity index (χ1n) is 5.95. The molecule has 1 amide bonds. The average molecular weight is 288 g/mol. The van der Waals surface area contributed by atoms with Crippen LogP contribution in [0.5, 0.6) is 5.75 Å². The Morgan fingerprint density at radius 3 is 2.94 bits per heavy atom. The topological polar surface area (TPSA) is 40.5 Å². The molecule has 1 unspecified atom stereocenters. The van der Waals surface area contributed by atoms with Gasteiger partial charge in [0.05, 0.1) is 5.02 Å². The zero-order chi connectivity index (χ0) is 13.1. The van der Waals surface area contributed by atoms with E-state index in [0.29, 0.717) is 23.9 Å². The molecule has 98 valence electrons. The molecule has 18 heavy (non-hydrogen) atoms. The van der Waals surface area contributed by atoms with Gasteiger partial charge in [-0.3, -0.25) is 4.79 Å². The summed E-state index contributed by atoms with van der Waals surface area (Å²) in [6.45, 7) is 1.45. The van der Waals surface area contributed by atoms with Crippen LogP contribution >= 0.6 is 23.2 Å². The first-order valence-corrected chi connectivity index (χ1v) is 6.87. The van der Waals surface area contributed by atoms with Gasteiger partial charge in [-0.05, 0) is 37.0 Å². The first-order chi connectivity index (χ1) is 8.61. The summed E-state index contributed by atoms with van der Waals surface area (Å²) in [5.41, 5.74) is 0.507. The zero-order valence-corrected chi connectivity index (χ0v) is 11.4. The van der Waals surface area contributed by atoms with Crippen molar-refractivity contribution in [3.05, 3.63) is 28.8 Å². The maximum Gasteiger partial charge on any atom is 0.253 e. The van der Waals surface area contributed by atoms with Crippen molar-refractivity contribution in [1.82, 2.24) is 4.90 Å². The number of carbonyl (C=O) groups is 1. The molecular formula is C13H15Cl2NO2. The number of hydrogen-bond donors (Lipinski definition) is 1. The molecule has 1 aromatic rings. The predicted octanol–water partition coefficient (Wildman–Crippen LogP) is 3.14. The number of carbonyl (C=O) groups excluding carboxylic acids is 1. The lowest BCUT2D eigenvalue weighted by molar-refractivity contribution is 0.0685. The van der Waals surface area contributed by atoms with E-state index in [-0.39, 0.29) is 16.7 Å². The van der Waals surface area contributed by atoms with Gasteiger partial charge in [-0.25, -0.2) is 0 Å². The van der Waals surface area contributed by atoms with Gasteiger partial charge in [0.2, 0.25) is 0 Å². The Morgan fingerprint density at radius 1 is 1.50 bits per heavy atom. The largest absolute Gasteiger partial charge is 0.506 e. The number of amides is 1. The molecule has 1 aliphatic heterocycles. The molecule has 5 heteroatoms. The predicted molar refractivity (Wildman–Crippen MR) is 72.5 cm³/mol. The van der Waals surface area contributed by atoms with Crippen LogP contribution in [0.4, 0.5) is 0 Å². The fourth-order valence-electron chi connectivity index (χ4n) is 2.20.